The van der Waals surface area contributed by atoms with Gasteiger partial charge in [0.25, 0.3) is 0 Å². The van der Waals surface area contributed by atoms with E-state index >= 15 is 0 Å². The Morgan fingerprint density at radius 3 is 0.812 bits per heavy atom. The van der Waals surface area contributed by atoms with Crippen molar-refractivity contribution in [3.05, 3.63) is 297 Å². The summed E-state index contributed by atoms with van der Waals surface area (Å²) in [5.41, 5.74) is 38.2. The van der Waals surface area contributed by atoms with Crippen molar-refractivity contribution in [1.29, 1.82) is 0 Å². The number of hydrogen-bond acceptors (Lipinski definition) is 10. The second-order valence-electron chi connectivity index (χ2n) is 39.3. The summed E-state index contributed by atoms with van der Waals surface area (Å²) in [4.78, 5) is 23.9. The molecule has 0 amide bonds. The molecule has 0 fully saturated rings. The Balaban J connectivity index is 0.000000121. The normalized spacial score (nSPS) is 11.9. The van der Waals surface area contributed by atoms with Crippen molar-refractivity contribution in [2.75, 3.05) is 0 Å². The molecule has 15 aromatic heterocycles. The van der Waals surface area contributed by atoms with Crippen LogP contribution in [-0.4, -0.2) is 24.9 Å². The average molecular weight is 1770 g/mol. The van der Waals surface area contributed by atoms with E-state index in [0.29, 0.717) is 11.8 Å². The van der Waals surface area contributed by atoms with Crippen LogP contribution in [0.1, 0.15) is 201 Å². The maximum absolute atomic E-state index is 6.38. The van der Waals surface area contributed by atoms with Gasteiger partial charge >= 0.3 is 0 Å². The number of aryl methyl sites for hydroxylation is 16. The molecule has 0 atom stereocenters. The third-order valence-electron chi connectivity index (χ3n) is 26.2. The van der Waals surface area contributed by atoms with E-state index in [1.807, 2.05) is 0 Å². The quantitative estimate of drug-likeness (QED) is 0.0908. The smallest absolute Gasteiger partial charge is 0.227 e. The zero-order chi connectivity index (χ0) is 94.5. The molecule has 0 spiro atoms. The molecule has 0 aliphatic carbocycles. The second-order valence-corrected chi connectivity index (χ2v) is 39.3. The molecule has 15 heterocycles. The molecule has 0 N–H and O–H groups in total. The van der Waals surface area contributed by atoms with Gasteiger partial charge in [-0.3, -0.25) is 0 Å². The summed E-state index contributed by atoms with van der Waals surface area (Å²) in [5.74, 6) is 0.959. The van der Waals surface area contributed by atoms with Crippen molar-refractivity contribution in [2.45, 2.75) is 208 Å². The molecule has 20 rings (SSSR count). The summed E-state index contributed by atoms with van der Waals surface area (Å²) in [6, 6.07) is 65.3. The molecule has 133 heavy (non-hydrogen) atoms. The van der Waals surface area contributed by atoms with Gasteiger partial charge in [-0.05, 0) is 220 Å². The minimum Gasteiger partial charge on any atom is -0.437 e. The van der Waals surface area contributed by atoms with Crippen molar-refractivity contribution >= 4 is 110 Å². The second kappa shape index (κ2) is 38.1. The van der Waals surface area contributed by atoms with Gasteiger partial charge in [-0.2, -0.15) is 0 Å². The first-order valence-electron chi connectivity index (χ1n) is 47.7. The van der Waals surface area contributed by atoms with Crippen molar-refractivity contribution in [3.8, 4) is 56.3 Å². The van der Waals surface area contributed by atoms with Crippen LogP contribution < -0.4 is 22.8 Å². The number of fused-ring (bicyclic) bond motifs is 15. The number of aromatic nitrogens is 10. The van der Waals surface area contributed by atoms with Crippen molar-refractivity contribution in [1.82, 2.24) is 24.9 Å². The van der Waals surface area contributed by atoms with Crippen LogP contribution in [0.3, 0.4) is 0 Å². The van der Waals surface area contributed by atoms with Crippen LogP contribution >= 0.6 is 0 Å². The largest absolute Gasteiger partial charge is 0.437 e. The van der Waals surface area contributed by atoms with Crippen LogP contribution in [-0.2, 0) is 92.0 Å². The molecule has 15 heteroatoms. The van der Waals surface area contributed by atoms with Gasteiger partial charge in [0.05, 0.1) is 27.8 Å². The van der Waals surface area contributed by atoms with E-state index in [-0.39, 0.29) is 10.8 Å². The van der Waals surface area contributed by atoms with E-state index in [4.69, 9.17) is 42.0 Å². The minimum atomic E-state index is -0.00614. The molecule has 0 aliphatic rings. The summed E-state index contributed by atoms with van der Waals surface area (Å²) in [7, 11) is 10.4. The predicted octanol–water partition coefficient (Wildman–Crippen LogP) is 27.5. The van der Waals surface area contributed by atoms with Crippen LogP contribution in [0.15, 0.2) is 235 Å². The fourth-order valence-electron chi connectivity index (χ4n) is 18.3. The summed E-state index contributed by atoms with van der Waals surface area (Å²) < 4.78 is 42.5. The van der Waals surface area contributed by atoms with Crippen LogP contribution in [0.4, 0.5) is 0 Å². The van der Waals surface area contributed by atoms with E-state index in [0.717, 1.165) is 218 Å². The number of hydrogen-bond donors (Lipinski definition) is 0. The van der Waals surface area contributed by atoms with Gasteiger partial charge in [0.2, 0.25) is 57.0 Å². The predicted molar refractivity (Wildman–Crippen MR) is 545 cm³/mol. The van der Waals surface area contributed by atoms with E-state index in [1.165, 1.54) is 84.1 Å². The molecule has 678 valence electrons. The highest BCUT2D eigenvalue weighted by molar-refractivity contribution is 6.13. The standard InChI is InChI=1S/C25H29N2O.2C24H27N2O.C23H25N2O.C22H23N2O/c1-7-17-12-13-27(6)21(14-17)22-16(2)8-10-19-20-11-9-18(15-25(3,4)5)26-24(20)28-23(19)22;1-7-16-12-13-26(6)19(14-16)21-15(2)8-9-17-18-10-11-20(24(3,4)5)25-23(18)27-22(17)21;1-6-17-11-12-26(5)21(14-17)22-16(4)7-9-19-20-10-8-18(13-15(2)3)25-24(20)27-23(19)22;1-6-16-11-12-25(5)20(13-16)21-15(4)7-8-17-18-9-10-19(14(2)3)24-23(18)26-22(17)21;1-5-15-11-12-24(4)19(13-15)20-14(3)7-9-17-18-10-8-16(6-2)23-22(18)25-21(17)20/h8-14H,7,15H2,1-6H3;8-14H,7H2,1-6H3;7-12,14-15H,6,13H2,1-5H3;7-14H,6H2,1-5H3;7-13H,5-6H2,1-4H3/q5*+1. The van der Waals surface area contributed by atoms with Gasteiger partial charge in [-0.1, -0.05) is 171 Å². The number of benzene rings is 5. The van der Waals surface area contributed by atoms with Crippen molar-refractivity contribution in [3.63, 3.8) is 0 Å². The fraction of sp³-hybridized carbons (Fsp3) is 0.322. The lowest BCUT2D eigenvalue weighted by Crippen LogP contribution is -2.30. The van der Waals surface area contributed by atoms with Gasteiger partial charge < -0.3 is 22.1 Å². The van der Waals surface area contributed by atoms with E-state index < -0.39 is 0 Å². The van der Waals surface area contributed by atoms with E-state index in [1.54, 1.807) is 0 Å². The molecule has 0 saturated carbocycles. The molecule has 0 bridgehead atoms. The van der Waals surface area contributed by atoms with Crippen molar-refractivity contribution < 1.29 is 44.9 Å². The SMILES string of the molecule is CCc1cc[n+](C)c(-c2c(C)ccc3c2oc2nc(C(C)(C)C)ccc23)c1.CCc1cc[n+](C)c(-c2c(C)ccc3c2oc2nc(C(C)C)ccc23)c1.CCc1cc[n+](C)c(-c2c(C)ccc3c2oc2nc(CC(C)(C)C)ccc23)c1.CCc1cc[n+](C)c(-c2c(C)ccc3c2oc2nc(CC(C)C)ccc23)c1.CCc1cc[n+](C)c(-c2c(C)ccc3c2oc2nc(CC)ccc23)c1. The Morgan fingerprint density at radius 2 is 0.534 bits per heavy atom. The lowest BCUT2D eigenvalue weighted by atomic mass is 9.90. The molecular formula is C118H131N10O5+5. The van der Waals surface area contributed by atoms with Crippen molar-refractivity contribution in [2.24, 2.45) is 46.6 Å². The van der Waals surface area contributed by atoms with Crippen LogP contribution in [0.5, 0.6) is 0 Å². The topological polar surface area (TPSA) is 150 Å². The van der Waals surface area contributed by atoms with Crippen LogP contribution in [0.25, 0.3) is 167 Å². The molecule has 20 aromatic rings. The maximum Gasteiger partial charge on any atom is 0.227 e. The Labute approximate surface area is 783 Å². The minimum absolute atomic E-state index is 0.00614. The number of nitrogens with zero attached hydrogens (tertiary/aromatic N) is 10. The highest BCUT2D eigenvalue weighted by Crippen LogP contribution is 2.44. The molecule has 0 radical (unpaired) electrons. The third-order valence-corrected chi connectivity index (χ3v) is 26.2. The van der Waals surface area contributed by atoms with Crippen LogP contribution in [0, 0.1) is 46.0 Å². The number of pyridine rings is 10. The lowest BCUT2D eigenvalue weighted by Gasteiger charge is -2.16. The molecule has 0 saturated heterocycles. The molecule has 0 unspecified atom stereocenters. The Kier molecular flexibility index (Phi) is 26.6. The number of rotatable bonds is 15. The summed E-state index contributed by atoms with van der Waals surface area (Å²) in [5, 5.41) is 11.1. The Bertz CT molecular complexity index is 7830. The van der Waals surface area contributed by atoms with Crippen LogP contribution in [0.2, 0.25) is 0 Å². The van der Waals surface area contributed by atoms with Gasteiger partial charge in [0.15, 0.2) is 58.9 Å². The fourth-order valence-corrected chi connectivity index (χ4v) is 18.3. The molecular weight excluding hydrogens is 1640 g/mol. The first kappa shape index (κ1) is 92.9. The highest BCUT2D eigenvalue weighted by Gasteiger charge is 2.30. The zero-order valence-electron chi connectivity index (χ0n) is 83.0. The Hall–Kier alpha value is -13.4. The molecule has 0 aliphatic heterocycles. The first-order chi connectivity index (χ1) is 63.6. The van der Waals surface area contributed by atoms with Gasteiger partial charge in [0.1, 0.15) is 35.2 Å². The van der Waals surface area contributed by atoms with E-state index in [9.17, 15) is 0 Å². The third kappa shape index (κ3) is 18.8. The zero-order valence-corrected chi connectivity index (χ0v) is 83.0. The summed E-state index contributed by atoms with van der Waals surface area (Å²) >= 11 is 0. The highest BCUT2D eigenvalue weighted by atomic mass is 16.4. The lowest BCUT2D eigenvalue weighted by molar-refractivity contribution is -0.660. The van der Waals surface area contributed by atoms with Gasteiger partial charge in [-0.15, -0.1) is 0 Å². The van der Waals surface area contributed by atoms with E-state index in [2.05, 4.69) is 421 Å². The molecule has 15 nitrogen and oxygen atoms in total. The monoisotopic (exact) mass is 1770 g/mol. The van der Waals surface area contributed by atoms with Gasteiger partial charge in [0, 0.05) is 148 Å². The average Bonchev–Trinajstić information content (AvgIpc) is 0.988. The maximum atomic E-state index is 6.38. The summed E-state index contributed by atoms with van der Waals surface area (Å²) in [6.07, 6.45) is 18.5. The summed E-state index contributed by atoms with van der Waals surface area (Å²) in [6.45, 7) is 45.8. The molecule has 5 aromatic carbocycles. The number of furan rings is 5. The Morgan fingerprint density at radius 1 is 0.278 bits per heavy atom. The van der Waals surface area contributed by atoms with Gasteiger partial charge in [-0.25, -0.2) is 47.8 Å². The first-order valence-corrected chi connectivity index (χ1v) is 47.7.